The molecule has 8 atom stereocenters. The van der Waals surface area contributed by atoms with Gasteiger partial charge in [0, 0.05) is 6.42 Å². The second-order valence-corrected chi connectivity index (χ2v) is 11.7. The summed E-state index contributed by atoms with van der Waals surface area (Å²) >= 11 is 0. The van der Waals surface area contributed by atoms with Crippen LogP contribution in [0.4, 0.5) is 0 Å². The van der Waals surface area contributed by atoms with Crippen molar-refractivity contribution in [3.8, 4) is 0 Å². The molecule has 0 amide bonds. The van der Waals surface area contributed by atoms with E-state index in [1.165, 1.54) is 32.1 Å². The second kappa shape index (κ2) is 8.80. The molecule has 4 rings (SSSR count). The summed E-state index contributed by atoms with van der Waals surface area (Å²) in [5.74, 6) is 3.35. The van der Waals surface area contributed by atoms with Crippen molar-refractivity contribution >= 4 is 0 Å². The van der Waals surface area contributed by atoms with Gasteiger partial charge in [0.25, 0.3) is 0 Å². The van der Waals surface area contributed by atoms with Crippen LogP contribution < -0.4 is 0 Å². The van der Waals surface area contributed by atoms with Gasteiger partial charge in [0.2, 0.25) is 0 Å². The normalized spacial score (nSPS) is 44.1. The lowest BCUT2D eigenvalue weighted by Crippen LogP contribution is -2.60. The van der Waals surface area contributed by atoms with E-state index in [1.807, 2.05) is 0 Å². The van der Waals surface area contributed by atoms with E-state index in [9.17, 15) is 5.11 Å². The standard InChI is InChI=1S/C28H44O3/c1-18(2)19(3)9-10-20(4)24-13-14-25-22(8-7-15-27(24,25)6)16-26-28(31-30-26)17-23(29)12-11-21(28)5/h9-10,16,18-20,23-26,29H,5,7-8,11-15,17H2,1-4,6H3/b10-9+,22-16+. The van der Waals surface area contributed by atoms with E-state index >= 15 is 0 Å². The summed E-state index contributed by atoms with van der Waals surface area (Å²) in [6.07, 6.45) is 15.5. The molecule has 1 N–H and O–H groups in total. The molecule has 3 nitrogen and oxygen atoms in total. The molecular weight excluding hydrogens is 384 g/mol. The molecule has 0 aromatic carbocycles. The molecule has 1 aliphatic heterocycles. The third kappa shape index (κ3) is 4.11. The fraction of sp³-hybridized carbons (Fsp3) is 0.786. The number of hydrogen-bond donors (Lipinski definition) is 1. The first kappa shape index (κ1) is 23.3. The monoisotopic (exact) mass is 428 g/mol. The molecule has 0 aromatic rings. The van der Waals surface area contributed by atoms with E-state index < -0.39 is 5.60 Å². The summed E-state index contributed by atoms with van der Waals surface area (Å²) in [4.78, 5) is 11.3. The van der Waals surface area contributed by atoms with Crippen LogP contribution in [0, 0.1) is 35.0 Å². The molecule has 0 radical (unpaired) electrons. The van der Waals surface area contributed by atoms with Gasteiger partial charge >= 0.3 is 0 Å². The molecule has 0 bridgehead atoms. The van der Waals surface area contributed by atoms with Crippen LogP contribution in [0.15, 0.2) is 36.0 Å². The Balaban J connectivity index is 1.51. The average molecular weight is 429 g/mol. The number of aliphatic hydroxyl groups excluding tert-OH is 1. The van der Waals surface area contributed by atoms with Gasteiger partial charge in [0.15, 0.2) is 5.60 Å². The van der Waals surface area contributed by atoms with Crippen molar-refractivity contribution in [3.63, 3.8) is 0 Å². The minimum atomic E-state index is -0.500. The van der Waals surface area contributed by atoms with Crippen LogP contribution in [0.3, 0.4) is 0 Å². The molecule has 0 aromatic heterocycles. The molecule has 3 saturated carbocycles. The maximum Gasteiger partial charge on any atom is 0.159 e. The maximum absolute atomic E-state index is 10.3. The van der Waals surface area contributed by atoms with Gasteiger partial charge < -0.3 is 5.11 Å². The highest BCUT2D eigenvalue weighted by Crippen LogP contribution is 2.60. The number of aliphatic hydroxyl groups is 1. The van der Waals surface area contributed by atoms with E-state index in [1.54, 1.807) is 5.57 Å². The van der Waals surface area contributed by atoms with E-state index in [0.717, 1.165) is 24.3 Å². The number of allylic oxidation sites excluding steroid dienone is 3. The van der Waals surface area contributed by atoms with E-state index in [4.69, 9.17) is 9.78 Å². The van der Waals surface area contributed by atoms with Gasteiger partial charge in [-0.3, -0.25) is 0 Å². The Labute approximate surface area is 189 Å². The van der Waals surface area contributed by atoms with Gasteiger partial charge in [0.05, 0.1) is 6.10 Å². The summed E-state index contributed by atoms with van der Waals surface area (Å²) in [5.41, 5.74) is 2.53. The highest BCUT2D eigenvalue weighted by molar-refractivity contribution is 5.30. The van der Waals surface area contributed by atoms with Crippen LogP contribution in [0.25, 0.3) is 0 Å². The Morgan fingerprint density at radius 3 is 2.55 bits per heavy atom. The van der Waals surface area contributed by atoms with Gasteiger partial charge in [-0.15, -0.1) is 0 Å². The van der Waals surface area contributed by atoms with Gasteiger partial charge in [0.1, 0.15) is 6.10 Å². The zero-order valence-electron chi connectivity index (χ0n) is 20.4. The van der Waals surface area contributed by atoms with Crippen molar-refractivity contribution in [2.75, 3.05) is 0 Å². The summed E-state index contributed by atoms with van der Waals surface area (Å²) in [6, 6.07) is 0. The van der Waals surface area contributed by atoms with E-state index in [-0.39, 0.29) is 12.2 Å². The second-order valence-electron chi connectivity index (χ2n) is 11.7. The Morgan fingerprint density at radius 2 is 1.87 bits per heavy atom. The average Bonchev–Trinajstić information content (AvgIpc) is 3.08. The molecule has 4 fully saturated rings. The first-order valence-electron chi connectivity index (χ1n) is 12.8. The van der Waals surface area contributed by atoms with Crippen LogP contribution in [0.5, 0.6) is 0 Å². The molecule has 8 unspecified atom stereocenters. The molecular formula is C28H44O3. The zero-order chi connectivity index (χ0) is 22.4. The lowest BCUT2D eigenvalue weighted by molar-refractivity contribution is -0.492. The first-order valence-corrected chi connectivity index (χ1v) is 12.8. The van der Waals surface area contributed by atoms with Crippen molar-refractivity contribution in [1.29, 1.82) is 0 Å². The topological polar surface area (TPSA) is 38.7 Å². The molecule has 174 valence electrons. The first-order chi connectivity index (χ1) is 14.7. The Morgan fingerprint density at radius 1 is 1.10 bits per heavy atom. The largest absolute Gasteiger partial charge is 0.393 e. The van der Waals surface area contributed by atoms with Crippen molar-refractivity contribution in [1.82, 2.24) is 0 Å². The van der Waals surface area contributed by atoms with Crippen LogP contribution in [0.2, 0.25) is 0 Å². The molecule has 31 heavy (non-hydrogen) atoms. The van der Waals surface area contributed by atoms with Crippen molar-refractivity contribution in [2.45, 2.75) is 104 Å². The predicted octanol–water partition coefficient (Wildman–Crippen LogP) is 6.78. The van der Waals surface area contributed by atoms with Gasteiger partial charge in [-0.2, -0.15) is 0 Å². The number of rotatable bonds is 5. The molecule has 3 heteroatoms. The molecule has 1 saturated heterocycles. The highest BCUT2D eigenvalue weighted by atomic mass is 17.3. The Kier molecular flexibility index (Phi) is 6.60. The third-order valence-corrected chi connectivity index (χ3v) is 9.48. The summed E-state index contributed by atoms with van der Waals surface area (Å²) in [7, 11) is 0. The fourth-order valence-electron chi connectivity index (χ4n) is 6.99. The quantitative estimate of drug-likeness (QED) is 0.387. The minimum absolute atomic E-state index is 0.0874. The fourth-order valence-corrected chi connectivity index (χ4v) is 6.99. The molecule has 4 aliphatic rings. The summed E-state index contributed by atoms with van der Waals surface area (Å²) < 4.78 is 0. The SMILES string of the molecule is C=C1CCC(O)CC12OOC2/C=C1\CCCC2(C)C1CCC2C(C)/C=C/C(C)C(C)C. The number of hydrogen-bond acceptors (Lipinski definition) is 3. The number of fused-ring (bicyclic) bond motifs is 1. The highest BCUT2D eigenvalue weighted by Gasteiger charge is 2.56. The van der Waals surface area contributed by atoms with Crippen LogP contribution in [-0.4, -0.2) is 22.9 Å². The van der Waals surface area contributed by atoms with Crippen molar-refractivity contribution < 1.29 is 14.9 Å². The third-order valence-electron chi connectivity index (χ3n) is 9.48. The molecule has 1 spiro atoms. The van der Waals surface area contributed by atoms with Gasteiger partial charge in [-0.05, 0) is 91.6 Å². The predicted molar refractivity (Wildman–Crippen MR) is 126 cm³/mol. The Bertz CT molecular complexity index is 737. The summed E-state index contributed by atoms with van der Waals surface area (Å²) in [6.45, 7) is 16.2. The maximum atomic E-state index is 10.3. The smallest absolute Gasteiger partial charge is 0.159 e. The summed E-state index contributed by atoms with van der Waals surface area (Å²) in [5, 5.41) is 10.3. The van der Waals surface area contributed by atoms with E-state index in [2.05, 4.69) is 59.4 Å². The van der Waals surface area contributed by atoms with Crippen LogP contribution in [-0.2, 0) is 9.78 Å². The van der Waals surface area contributed by atoms with Gasteiger partial charge in [-0.1, -0.05) is 58.9 Å². The molecule has 3 aliphatic carbocycles. The Hall–Kier alpha value is -0.900. The van der Waals surface area contributed by atoms with Crippen LogP contribution >= 0.6 is 0 Å². The van der Waals surface area contributed by atoms with Crippen molar-refractivity contribution in [3.05, 3.63) is 36.0 Å². The zero-order valence-corrected chi connectivity index (χ0v) is 20.4. The van der Waals surface area contributed by atoms with Crippen molar-refractivity contribution in [2.24, 2.45) is 35.0 Å². The van der Waals surface area contributed by atoms with Gasteiger partial charge in [-0.25, -0.2) is 9.78 Å². The minimum Gasteiger partial charge on any atom is -0.393 e. The lowest BCUT2D eigenvalue weighted by Gasteiger charge is -2.51. The van der Waals surface area contributed by atoms with E-state index in [0.29, 0.717) is 35.5 Å². The lowest BCUT2D eigenvalue weighted by atomic mass is 9.60. The molecule has 1 heterocycles. The van der Waals surface area contributed by atoms with Crippen LogP contribution in [0.1, 0.15) is 86.0 Å².